The molecule has 2 unspecified atom stereocenters. The number of pyridine rings is 1. The second kappa shape index (κ2) is 4.49. The highest BCUT2D eigenvalue weighted by molar-refractivity contribution is 5.79. The molecule has 0 radical (unpaired) electrons. The van der Waals surface area contributed by atoms with Crippen LogP contribution in [0.2, 0.25) is 0 Å². The third kappa shape index (κ3) is 1.59. The Morgan fingerprint density at radius 1 is 1.00 bits per heavy atom. The summed E-state index contributed by atoms with van der Waals surface area (Å²) < 4.78 is 6.19. The Hall–Kier alpha value is -3.05. The second-order valence-electron chi connectivity index (χ2n) is 6.03. The molecule has 2 atom stereocenters. The first-order valence-corrected chi connectivity index (χ1v) is 7.69. The van der Waals surface area contributed by atoms with Crippen molar-refractivity contribution in [3.63, 3.8) is 0 Å². The molecule has 5 rings (SSSR count). The number of rotatable bonds is 2. The van der Waals surface area contributed by atoms with Crippen LogP contribution >= 0.6 is 0 Å². The maximum atomic E-state index is 10.8. The predicted octanol–water partition coefficient (Wildman–Crippen LogP) is 3.99. The fourth-order valence-corrected chi connectivity index (χ4v) is 3.71. The number of nitro benzene ring substituents is 1. The summed E-state index contributed by atoms with van der Waals surface area (Å²) in [6, 6.07) is 18.7. The fraction of sp³-hybridized carbons (Fsp3) is 0.105. The van der Waals surface area contributed by atoms with Crippen molar-refractivity contribution in [3.05, 3.63) is 93.7 Å². The smallest absolute Gasteiger partial charge is 0.269 e. The van der Waals surface area contributed by atoms with Crippen LogP contribution in [0.4, 0.5) is 5.69 Å². The highest BCUT2D eigenvalue weighted by Gasteiger charge is 2.64. The van der Waals surface area contributed by atoms with Crippen LogP contribution in [-0.2, 0) is 10.3 Å². The van der Waals surface area contributed by atoms with E-state index in [1.165, 1.54) is 12.1 Å². The van der Waals surface area contributed by atoms with Crippen molar-refractivity contribution in [3.8, 4) is 11.3 Å². The molecular formula is C19H12N2O3. The molecule has 1 saturated heterocycles. The number of non-ortho nitro benzene ring substituents is 1. The Kier molecular flexibility index (Phi) is 2.51. The van der Waals surface area contributed by atoms with Gasteiger partial charge in [-0.1, -0.05) is 30.3 Å². The van der Waals surface area contributed by atoms with Crippen LogP contribution in [0.25, 0.3) is 11.3 Å². The minimum Gasteiger partial charge on any atom is -0.351 e. The Morgan fingerprint density at radius 3 is 2.54 bits per heavy atom. The fourth-order valence-electron chi connectivity index (χ4n) is 3.71. The van der Waals surface area contributed by atoms with Crippen molar-refractivity contribution < 1.29 is 9.66 Å². The molecule has 0 saturated carbocycles. The van der Waals surface area contributed by atoms with Gasteiger partial charge in [-0.15, -0.1) is 0 Å². The first-order chi connectivity index (χ1) is 11.7. The summed E-state index contributed by atoms with van der Waals surface area (Å²) in [6.45, 7) is 0. The zero-order valence-electron chi connectivity index (χ0n) is 12.5. The number of hydrogen-bond donors (Lipinski definition) is 0. The SMILES string of the molecule is O=[N+]([O-])c1ccc(C2OC23c2ccccc2-c2ncccc23)cc1. The van der Waals surface area contributed by atoms with Crippen molar-refractivity contribution in [2.24, 2.45) is 0 Å². The van der Waals surface area contributed by atoms with Gasteiger partial charge in [0.1, 0.15) is 6.10 Å². The van der Waals surface area contributed by atoms with Gasteiger partial charge < -0.3 is 4.74 Å². The third-order valence-electron chi connectivity index (χ3n) is 4.81. The number of aromatic nitrogens is 1. The Balaban J connectivity index is 1.64. The Morgan fingerprint density at radius 2 is 1.75 bits per heavy atom. The van der Waals surface area contributed by atoms with E-state index in [0.717, 1.165) is 27.9 Å². The van der Waals surface area contributed by atoms with Crippen molar-refractivity contribution in [1.29, 1.82) is 0 Å². The lowest BCUT2D eigenvalue weighted by molar-refractivity contribution is -0.384. The van der Waals surface area contributed by atoms with Crippen molar-refractivity contribution >= 4 is 5.69 Å². The van der Waals surface area contributed by atoms with Gasteiger partial charge >= 0.3 is 0 Å². The third-order valence-corrected chi connectivity index (χ3v) is 4.81. The molecule has 1 spiro atoms. The average Bonchev–Trinajstić information content (AvgIpc) is 3.31. The lowest BCUT2D eigenvalue weighted by atomic mass is 9.90. The highest BCUT2D eigenvalue weighted by atomic mass is 16.6. The molecule has 0 N–H and O–H groups in total. The van der Waals surface area contributed by atoms with E-state index in [2.05, 4.69) is 17.1 Å². The molecule has 2 aliphatic rings. The van der Waals surface area contributed by atoms with Gasteiger partial charge in [0.05, 0.1) is 10.6 Å². The first-order valence-electron chi connectivity index (χ1n) is 7.69. The van der Waals surface area contributed by atoms with Gasteiger partial charge in [0.25, 0.3) is 5.69 Å². The summed E-state index contributed by atoms with van der Waals surface area (Å²) >= 11 is 0. The molecule has 2 aromatic carbocycles. The van der Waals surface area contributed by atoms with E-state index in [0.29, 0.717) is 0 Å². The summed E-state index contributed by atoms with van der Waals surface area (Å²) in [5.74, 6) is 0. The predicted molar refractivity (Wildman–Crippen MR) is 87.4 cm³/mol. The molecule has 1 aliphatic heterocycles. The van der Waals surface area contributed by atoms with Crippen LogP contribution in [0, 0.1) is 10.1 Å². The average molecular weight is 316 g/mol. The lowest BCUT2D eigenvalue weighted by Gasteiger charge is -2.08. The van der Waals surface area contributed by atoms with Gasteiger partial charge in [-0.25, -0.2) is 0 Å². The number of benzene rings is 2. The zero-order valence-corrected chi connectivity index (χ0v) is 12.5. The number of epoxide rings is 1. The van der Waals surface area contributed by atoms with Crippen molar-refractivity contribution in [2.45, 2.75) is 11.7 Å². The van der Waals surface area contributed by atoms with Gasteiger partial charge in [-0.3, -0.25) is 15.1 Å². The molecule has 116 valence electrons. The van der Waals surface area contributed by atoms with Crippen molar-refractivity contribution in [2.75, 3.05) is 0 Å². The summed E-state index contributed by atoms with van der Waals surface area (Å²) in [5.41, 5.74) is 4.73. The monoisotopic (exact) mass is 316 g/mol. The van der Waals surface area contributed by atoms with E-state index < -0.39 is 10.5 Å². The topological polar surface area (TPSA) is 68.6 Å². The standard InChI is InChI=1S/C19H12N2O3/c22-21(23)13-9-7-12(8-10-13)18-19(24-18)15-5-2-1-4-14(15)17-16(19)6-3-11-20-17/h1-11,18H. The van der Waals surface area contributed by atoms with Gasteiger partial charge in [0.2, 0.25) is 0 Å². The minimum atomic E-state index is -0.518. The number of hydrogen-bond acceptors (Lipinski definition) is 4. The maximum Gasteiger partial charge on any atom is 0.269 e. The van der Waals surface area contributed by atoms with E-state index in [1.807, 2.05) is 24.3 Å². The van der Waals surface area contributed by atoms with Gasteiger partial charge in [0.15, 0.2) is 5.60 Å². The quantitative estimate of drug-likeness (QED) is 0.407. The largest absolute Gasteiger partial charge is 0.351 e. The van der Waals surface area contributed by atoms with Crippen LogP contribution < -0.4 is 0 Å². The molecule has 2 heterocycles. The van der Waals surface area contributed by atoms with E-state index in [4.69, 9.17) is 4.74 Å². The molecule has 1 aromatic heterocycles. The minimum absolute atomic E-state index is 0.0855. The lowest BCUT2D eigenvalue weighted by Crippen LogP contribution is -2.08. The molecule has 0 amide bonds. The van der Waals surface area contributed by atoms with E-state index in [-0.39, 0.29) is 11.8 Å². The maximum absolute atomic E-state index is 10.8. The van der Waals surface area contributed by atoms with Gasteiger partial charge in [0, 0.05) is 35.0 Å². The normalized spacial score (nSPS) is 22.9. The van der Waals surface area contributed by atoms with Crippen LogP contribution in [0.15, 0.2) is 66.9 Å². The first kappa shape index (κ1) is 13.4. The molecule has 5 heteroatoms. The van der Waals surface area contributed by atoms with Gasteiger partial charge in [-0.05, 0) is 23.8 Å². The number of ether oxygens (including phenoxy) is 1. The molecular weight excluding hydrogens is 304 g/mol. The summed E-state index contributed by atoms with van der Waals surface area (Å²) in [5, 5.41) is 10.8. The van der Waals surface area contributed by atoms with Crippen LogP contribution in [0.5, 0.6) is 0 Å². The molecule has 0 bridgehead atoms. The summed E-state index contributed by atoms with van der Waals surface area (Å²) in [7, 11) is 0. The number of nitrogens with zero attached hydrogens (tertiary/aromatic N) is 2. The summed E-state index contributed by atoms with van der Waals surface area (Å²) in [4.78, 5) is 15.0. The van der Waals surface area contributed by atoms with Crippen LogP contribution in [-0.4, -0.2) is 9.91 Å². The second-order valence-corrected chi connectivity index (χ2v) is 6.03. The highest BCUT2D eigenvalue weighted by Crippen LogP contribution is 2.67. The van der Waals surface area contributed by atoms with Gasteiger partial charge in [-0.2, -0.15) is 0 Å². The van der Waals surface area contributed by atoms with Crippen LogP contribution in [0.1, 0.15) is 22.8 Å². The molecule has 3 aromatic rings. The van der Waals surface area contributed by atoms with Crippen LogP contribution in [0.3, 0.4) is 0 Å². The van der Waals surface area contributed by atoms with E-state index >= 15 is 0 Å². The van der Waals surface area contributed by atoms with Crippen molar-refractivity contribution in [1.82, 2.24) is 4.98 Å². The number of nitro groups is 1. The molecule has 1 aliphatic carbocycles. The molecule has 1 fully saturated rings. The Labute approximate surface area is 137 Å². The zero-order chi connectivity index (χ0) is 16.3. The molecule has 5 nitrogen and oxygen atoms in total. The van der Waals surface area contributed by atoms with E-state index in [9.17, 15) is 10.1 Å². The Bertz CT molecular complexity index is 936. The molecule has 24 heavy (non-hydrogen) atoms. The number of fused-ring (bicyclic) bond motifs is 5. The van der Waals surface area contributed by atoms with E-state index in [1.54, 1.807) is 18.3 Å². The summed E-state index contributed by atoms with van der Waals surface area (Å²) in [6.07, 6.45) is 1.64.